The highest BCUT2D eigenvalue weighted by molar-refractivity contribution is 5.99. The number of carbonyl (C=O) groups excluding carboxylic acids is 1. The lowest BCUT2D eigenvalue weighted by Gasteiger charge is -2.17. The van der Waals surface area contributed by atoms with Crippen molar-refractivity contribution in [1.82, 2.24) is 0 Å². The van der Waals surface area contributed by atoms with Crippen LogP contribution in [0.25, 0.3) is 0 Å². The molecule has 0 aliphatic carbocycles. The number of nitrogens with two attached hydrogens (primary N) is 1. The van der Waals surface area contributed by atoms with Gasteiger partial charge in [0.15, 0.2) is 0 Å². The molecule has 1 unspecified atom stereocenters. The first-order valence-electron chi connectivity index (χ1n) is 5.33. The fourth-order valence-electron chi connectivity index (χ4n) is 1.93. The second kappa shape index (κ2) is 4.37. The summed E-state index contributed by atoms with van der Waals surface area (Å²) in [6, 6.07) is 4.02. The van der Waals surface area contributed by atoms with Gasteiger partial charge in [-0.05, 0) is 6.07 Å². The molecule has 18 heavy (non-hydrogen) atoms. The molecule has 0 saturated carbocycles. The number of nitrogen functional groups attached to an aromatic ring is 1. The van der Waals surface area contributed by atoms with E-state index in [0.29, 0.717) is 17.9 Å². The Bertz CT molecular complexity index is 562. The van der Waals surface area contributed by atoms with Crippen molar-refractivity contribution >= 4 is 23.0 Å². The fourth-order valence-corrected chi connectivity index (χ4v) is 1.93. The number of amides is 1. The Morgan fingerprint density at radius 3 is 2.83 bits per heavy atom. The van der Waals surface area contributed by atoms with Crippen molar-refractivity contribution in [2.75, 3.05) is 17.2 Å². The first-order chi connectivity index (χ1) is 8.52. The number of rotatable bonds is 2. The van der Waals surface area contributed by atoms with Crippen LogP contribution in [-0.4, -0.2) is 17.4 Å². The molecule has 1 amide bonds. The van der Waals surface area contributed by atoms with E-state index in [-0.39, 0.29) is 23.9 Å². The number of terminal acetylenes is 1. The maximum absolute atomic E-state index is 11.8. The van der Waals surface area contributed by atoms with E-state index in [4.69, 9.17) is 12.2 Å². The van der Waals surface area contributed by atoms with Gasteiger partial charge in [-0.1, -0.05) is 0 Å². The number of hydrogen-bond donors (Lipinski definition) is 1. The predicted molar refractivity (Wildman–Crippen MR) is 66.8 cm³/mol. The molecule has 0 aromatic heterocycles. The Balaban J connectivity index is 2.39. The van der Waals surface area contributed by atoms with Crippen LogP contribution in [0.5, 0.6) is 0 Å². The van der Waals surface area contributed by atoms with Crippen molar-refractivity contribution in [2.45, 2.75) is 6.42 Å². The lowest BCUT2D eigenvalue weighted by molar-refractivity contribution is -0.384. The van der Waals surface area contributed by atoms with E-state index in [1.165, 1.54) is 23.1 Å². The summed E-state index contributed by atoms with van der Waals surface area (Å²) in [5, 5.41) is 10.7. The van der Waals surface area contributed by atoms with E-state index in [1.807, 2.05) is 0 Å². The monoisotopic (exact) mass is 245 g/mol. The minimum absolute atomic E-state index is 0.101. The molecule has 1 aromatic rings. The first-order valence-corrected chi connectivity index (χ1v) is 5.33. The summed E-state index contributed by atoms with van der Waals surface area (Å²) in [7, 11) is 0. The van der Waals surface area contributed by atoms with Gasteiger partial charge in [0.25, 0.3) is 5.69 Å². The molecule has 1 aromatic carbocycles. The molecule has 6 heteroatoms. The zero-order valence-electron chi connectivity index (χ0n) is 9.50. The molecule has 1 aliphatic rings. The van der Waals surface area contributed by atoms with Crippen LogP contribution in [0.1, 0.15) is 6.42 Å². The third-order valence-corrected chi connectivity index (χ3v) is 2.88. The molecule has 0 radical (unpaired) electrons. The Morgan fingerprint density at radius 2 is 2.28 bits per heavy atom. The molecule has 1 saturated heterocycles. The summed E-state index contributed by atoms with van der Waals surface area (Å²) < 4.78 is 0. The smallest absolute Gasteiger partial charge is 0.271 e. The molecule has 92 valence electrons. The predicted octanol–water partition coefficient (Wildman–Crippen LogP) is 1.16. The van der Waals surface area contributed by atoms with Crippen molar-refractivity contribution in [2.24, 2.45) is 5.92 Å². The average Bonchev–Trinajstić information content (AvgIpc) is 2.71. The van der Waals surface area contributed by atoms with E-state index < -0.39 is 4.92 Å². The Kier molecular flexibility index (Phi) is 2.90. The Labute approximate surface area is 104 Å². The average molecular weight is 245 g/mol. The van der Waals surface area contributed by atoms with Gasteiger partial charge in [0.2, 0.25) is 5.91 Å². The normalized spacial score (nSPS) is 18.7. The zero-order chi connectivity index (χ0) is 13.3. The lowest BCUT2D eigenvalue weighted by Crippen LogP contribution is -2.25. The number of anilines is 2. The van der Waals surface area contributed by atoms with E-state index in [1.54, 1.807) is 0 Å². The summed E-state index contributed by atoms with van der Waals surface area (Å²) in [6.07, 6.45) is 5.53. The number of nitrogens with zero attached hydrogens (tertiary/aromatic N) is 2. The summed E-state index contributed by atoms with van der Waals surface area (Å²) in [5.41, 5.74) is 6.33. The second-order valence-electron chi connectivity index (χ2n) is 4.07. The van der Waals surface area contributed by atoms with E-state index in [0.717, 1.165) is 0 Å². The highest BCUT2D eigenvalue weighted by Gasteiger charge is 2.31. The summed E-state index contributed by atoms with van der Waals surface area (Å²) in [4.78, 5) is 23.4. The molecule has 2 N–H and O–H groups in total. The number of non-ortho nitro benzene ring substituents is 1. The van der Waals surface area contributed by atoms with Crippen molar-refractivity contribution in [1.29, 1.82) is 0 Å². The fraction of sp³-hybridized carbons (Fsp3) is 0.250. The lowest BCUT2D eigenvalue weighted by atomic mass is 10.1. The number of nitro groups is 1. The highest BCUT2D eigenvalue weighted by Crippen LogP contribution is 2.32. The van der Waals surface area contributed by atoms with Crippen LogP contribution in [0, 0.1) is 28.4 Å². The third-order valence-electron chi connectivity index (χ3n) is 2.88. The van der Waals surface area contributed by atoms with Crippen LogP contribution >= 0.6 is 0 Å². The highest BCUT2D eigenvalue weighted by atomic mass is 16.6. The van der Waals surface area contributed by atoms with E-state index in [9.17, 15) is 14.9 Å². The number of carbonyl (C=O) groups is 1. The quantitative estimate of drug-likeness (QED) is 0.366. The maximum atomic E-state index is 11.8. The van der Waals surface area contributed by atoms with Gasteiger partial charge in [-0.2, -0.15) is 0 Å². The molecule has 1 heterocycles. The second-order valence-corrected chi connectivity index (χ2v) is 4.07. The molecule has 2 rings (SSSR count). The standard InChI is InChI=1S/C12H11N3O3/c1-2-8-5-12(16)14(7-8)11-6-9(15(17)18)3-4-10(11)13/h1,3-4,6,8H,5,7,13H2. The minimum Gasteiger partial charge on any atom is -0.397 e. The topological polar surface area (TPSA) is 89.5 Å². The molecular formula is C12H11N3O3. The molecule has 0 spiro atoms. The zero-order valence-corrected chi connectivity index (χ0v) is 9.50. The van der Waals surface area contributed by atoms with Crippen molar-refractivity contribution in [3.05, 3.63) is 28.3 Å². The summed E-state index contributed by atoms with van der Waals surface area (Å²) in [5.74, 6) is 2.18. The van der Waals surface area contributed by atoms with Crippen molar-refractivity contribution in [3.63, 3.8) is 0 Å². The SMILES string of the molecule is C#CC1CC(=O)N(c2cc([N+](=O)[O-])ccc2N)C1. The van der Waals surface area contributed by atoms with Crippen LogP contribution in [0.2, 0.25) is 0 Å². The van der Waals surface area contributed by atoms with Crippen molar-refractivity contribution in [3.8, 4) is 12.3 Å². The van der Waals surface area contributed by atoms with E-state index >= 15 is 0 Å². The Morgan fingerprint density at radius 1 is 1.56 bits per heavy atom. The van der Waals surface area contributed by atoms with Crippen LogP contribution in [0.4, 0.5) is 17.1 Å². The van der Waals surface area contributed by atoms with Gasteiger partial charge in [-0.3, -0.25) is 14.9 Å². The van der Waals surface area contributed by atoms with Crippen molar-refractivity contribution < 1.29 is 9.72 Å². The Hall–Kier alpha value is -2.55. The van der Waals surface area contributed by atoms with Crippen LogP contribution in [-0.2, 0) is 4.79 Å². The largest absolute Gasteiger partial charge is 0.397 e. The van der Waals surface area contributed by atoms with Crippen LogP contribution in [0.3, 0.4) is 0 Å². The van der Waals surface area contributed by atoms with Gasteiger partial charge in [-0.15, -0.1) is 12.3 Å². The van der Waals surface area contributed by atoms with Crippen LogP contribution in [0.15, 0.2) is 18.2 Å². The van der Waals surface area contributed by atoms with Crippen LogP contribution < -0.4 is 10.6 Å². The number of benzene rings is 1. The maximum Gasteiger partial charge on any atom is 0.271 e. The molecule has 6 nitrogen and oxygen atoms in total. The summed E-state index contributed by atoms with van der Waals surface area (Å²) in [6.45, 7) is 0.348. The van der Waals surface area contributed by atoms with Gasteiger partial charge in [0.1, 0.15) is 0 Å². The first kappa shape index (κ1) is 11.9. The molecule has 1 fully saturated rings. The van der Waals surface area contributed by atoms with Gasteiger partial charge in [-0.25, -0.2) is 0 Å². The number of hydrogen-bond acceptors (Lipinski definition) is 4. The van der Waals surface area contributed by atoms with Gasteiger partial charge < -0.3 is 10.6 Å². The number of nitro benzene ring substituents is 1. The van der Waals surface area contributed by atoms with Gasteiger partial charge in [0.05, 0.1) is 16.3 Å². The molecular weight excluding hydrogens is 234 g/mol. The molecule has 1 atom stereocenters. The minimum atomic E-state index is -0.526. The van der Waals surface area contributed by atoms with E-state index in [2.05, 4.69) is 5.92 Å². The third kappa shape index (κ3) is 1.98. The molecule has 1 aliphatic heterocycles. The van der Waals surface area contributed by atoms with Gasteiger partial charge in [0, 0.05) is 31.0 Å². The summed E-state index contributed by atoms with van der Waals surface area (Å²) >= 11 is 0. The van der Waals surface area contributed by atoms with Gasteiger partial charge >= 0.3 is 0 Å². The molecule has 0 bridgehead atoms.